The molecule has 1 amide bonds. The summed E-state index contributed by atoms with van der Waals surface area (Å²) in [6.07, 6.45) is -0.315. The number of aliphatic hydroxyl groups excluding tert-OH is 1. The number of carbonyl (C=O) groups excluding carboxylic acids is 1. The molecule has 1 aromatic rings. The Labute approximate surface area is 107 Å². The third-order valence-electron chi connectivity index (χ3n) is 2.37. The Morgan fingerprint density at radius 3 is 2.47 bits per heavy atom. The smallest absolute Gasteiger partial charge is 0.335 e. The van der Waals surface area contributed by atoms with Gasteiger partial charge in [0.05, 0.1) is 18.5 Å². The predicted octanol–water partition coefficient (Wildman–Crippen LogP) is 0.671. The fourth-order valence-electron chi connectivity index (χ4n) is 1.40. The minimum absolute atomic E-state index is 0.0495. The standard InChI is InChI=1S/C12H13F2NO4/c13-12(14,7-16)6-15-10(17)5-8-3-1-2-4-9(8)11(18)19/h1-4,16H,5-7H2,(H,15,17)(H,18,19). The van der Waals surface area contributed by atoms with Crippen molar-refractivity contribution < 1.29 is 28.6 Å². The number of hydrogen-bond donors (Lipinski definition) is 3. The summed E-state index contributed by atoms with van der Waals surface area (Å²) in [7, 11) is 0. The molecule has 1 aromatic carbocycles. The number of hydrogen-bond acceptors (Lipinski definition) is 3. The van der Waals surface area contributed by atoms with Crippen molar-refractivity contribution in [3.05, 3.63) is 35.4 Å². The van der Waals surface area contributed by atoms with E-state index in [-0.39, 0.29) is 17.5 Å². The van der Waals surface area contributed by atoms with Crippen LogP contribution in [0.5, 0.6) is 0 Å². The summed E-state index contributed by atoms with van der Waals surface area (Å²) in [5.74, 6) is -5.31. The van der Waals surface area contributed by atoms with Gasteiger partial charge in [-0.05, 0) is 11.6 Å². The summed E-state index contributed by atoms with van der Waals surface area (Å²) in [5, 5.41) is 19.2. The lowest BCUT2D eigenvalue weighted by Crippen LogP contribution is -2.39. The first-order valence-electron chi connectivity index (χ1n) is 5.42. The molecular formula is C12H13F2NO4. The lowest BCUT2D eigenvalue weighted by Gasteiger charge is -2.14. The number of benzene rings is 1. The maximum atomic E-state index is 12.7. The van der Waals surface area contributed by atoms with E-state index in [4.69, 9.17) is 10.2 Å². The molecule has 0 aliphatic rings. The zero-order valence-corrected chi connectivity index (χ0v) is 9.90. The third-order valence-corrected chi connectivity index (χ3v) is 2.37. The molecule has 0 aromatic heterocycles. The number of halogens is 2. The lowest BCUT2D eigenvalue weighted by molar-refractivity contribution is -0.123. The van der Waals surface area contributed by atoms with Crippen molar-refractivity contribution in [1.29, 1.82) is 0 Å². The quantitative estimate of drug-likeness (QED) is 0.711. The molecule has 5 nitrogen and oxygen atoms in total. The summed E-state index contributed by atoms with van der Waals surface area (Å²) in [6, 6.07) is 5.82. The lowest BCUT2D eigenvalue weighted by atomic mass is 10.0. The van der Waals surface area contributed by atoms with Crippen LogP contribution in [-0.2, 0) is 11.2 Å². The van der Waals surface area contributed by atoms with Crippen LogP contribution >= 0.6 is 0 Å². The average molecular weight is 273 g/mol. The molecule has 0 bridgehead atoms. The van der Waals surface area contributed by atoms with Crippen molar-refractivity contribution in [2.45, 2.75) is 12.3 Å². The van der Waals surface area contributed by atoms with Gasteiger partial charge < -0.3 is 15.5 Å². The number of alkyl halides is 2. The molecule has 0 fully saturated rings. The maximum Gasteiger partial charge on any atom is 0.335 e. The zero-order chi connectivity index (χ0) is 14.5. The molecular weight excluding hydrogens is 260 g/mol. The van der Waals surface area contributed by atoms with Gasteiger partial charge in [-0.3, -0.25) is 4.79 Å². The number of carboxylic acid groups (broad SMARTS) is 1. The fraction of sp³-hybridized carbons (Fsp3) is 0.333. The summed E-state index contributed by atoms with van der Waals surface area (Å²) >= 11 is 0. The van der Waals surface area contributed by atoms with Gasteiger partial charge in [0.2, 0.25) is 5.91 Å². The Hall–Kier alpha value is -2.02. The molecule has 3 N–H and O–H groups in total. The Kier molecular flexibility index (Phi) is 4.94. The molecule has 7 heteroatoms. The van der Waals surface area contributed by atoms with E-state index in [1.165, 1.54) is 18.2 Å². The number of carbonyl (C=O) groups is 2. The Morgan fingerprint density at radius 1 is 1.26 bits per heavy atom. The van der Waals surface area contributed by atoms with Crippen molar-refractivity contribution >= 4 is 11.9 Å². The second-order valence-electron chi connectivity index (χ2n) is 3.93. The summed E-state index contributed by atoms with van der Waals surface area (Å²) in [4.78, 5) is 22.3. The summed E-state index contributed by atoms with van der Waals surface area (Å²) in [5.41, 5.74) is 0.186. The van der Waals surface area contributed by atoms with Gasteiger partial charge in [0.1, 0.15) is 6.61 Å². The number of carboxylic acids is 1. The number of amides is 1. The zero-order valence-electron chi connectivity index (χ0n) is 9.90. The second-order valence-corrected chi connectivity index (χ2v) is 3.93. The van der Waals surface area contributed by atoms with Gasteiger partial charge in [-0.2, -0.15) is 0 Å². The maximum absolute atomic E-state index is 12.7. The molecule has 0 unspecified atom stereocenters. The van der Waals surface area contributed by atoms with Gasteiger partial charge in [-0.25, -0.2) is 13.6 Å². The van der Waals surface area contributed by atoms with E-state index in [1.807, 2.05) is 5.32 Å². The first-order valence-corrected chi connectivity index (χ1v) is 5.42. The monoisotopic (exact) mass is 273 g/mol. The van der Waals surface area contributed by atoms with Gasteiger partial charge in [0, 0.05) is 0 Å². The molecule has 0 heterocycles. The average Bonchev–Trinajstić information content (AvgIpc) is 2.37. The Morgan fingerprint density at radius 2 is 1.89 bits per heavy atom. The highest BCUT2D eigenvalue weighted by atomic mass is 19.3. The molecule has 104 valence electrons. The number of nitrogens with one attached hydrogen (secondary N) is 1. The van der Waals surface area contributed by atoms with Crippen molar-refractivity contribution in [2.75, 3.05) is 13.2 Å². The molecule has 0 aliphatic carbocycles. The molecule has 0 radical (unpaired) electrons. The fourth-order valence-corrected chi connectivity index (χ4v) is 1.40. The second kappa shape index (κ2) is 6.24. The van der Waals surface area contributed by atoms with Crippen LogP contribution in [0.15, 0.2) is 24.3 Å². The van der Waals surface area contributed by atoms with E-state index in [0.717, 1.165) is 0 Å². The van der Waals surface area contributed by atoms with Gasteiger partial charge in [-0.15, -0.1) is 0 Å². The molecule has 0 saturated carbocycles. The van der Waals surface area contributed by atoms with Gasteiger partial charge in [-0.1, -0.05) is 18.2 Å². The van der Waals surface area contributed by atoms with Gasteiger partial charge in [0.15, 0.2) is 0 Å². The van der Waals surface area contributed by atoms with Crippen LogP contribution in [0.1, 0.15) is 15.9 Å². The SMILES string of the molecule is O=C(Cc1ccccc1C(=O)O)NCC(F)(F)CO. The van der Waals surface area contributed by atoms with E-state index in [0.29, 0.717) is 0 Å². The van der Waals surface area contributed by atoms with E-state index in [2.05, 4.69) is 0 Å². The van der Waals surface area contributed by atoms with Crippen LogP contribution in [0.4, 0.5) is 8.78 Å². The predicted molar refractivity (Wildman–Crippen MR) is 62.1 cm³/mol. The molecule has 0 saturated heterocycles. The van der Waals surface area contributed by atoms with Crippen LogP contribution in [0.2, 0.25) is 0 Å². The topological polar surface area (TPSA) is 86.6 Å². The summed E-state index contributed by atoms with van der Waals surface area (Å²) < 4.78 is 25.4. The Bertz CT molecular complexity index is 477. The van der Waals surface area contributed by atoms with Crippen molar-refractivity contribution in [3.63, 3.8) is 0 Å². The molecule has 19 heavy (non-hydrogen) atoms. The number of aromatic carboxylic acids is 1. The normalized spacial score (nSPS) is 11.1. The minimum atomic E-state index is -3.39. The summed E-state index contributed by atoms with van der Waals surface area (Å²) in [6.45, 7) is -2.35. The highest BCUT2D eigenvalue weighted by molar-refractivity contribution is 5.91. The van der Waals surface area contributed by atoms with Crippen LogP contribution in [-0.4, -0.2) is 41.2 Å². The van der Waals surface area contributed by atoms with E-state index < -0.39 is 31.0 Å². The highest BCUT2D eigenvalue weighted by Gasteiger charge is 2.28. The van der Waals surface area contributed by atoms with E-state index >= 15 is 0 Å². The van der Waals surface area contributed by atoms with Gasteiger partial charge in [0.25, 0.3) is 5.92 Å². The van der Waals surface area contributed by atoms with Gasteiger partial charge >= 0.3 is 5.97 Å². The highest BCUT2D eigenvalue weighted by Crippen LogP contribution is 2.11. The molecule has 0 atom stereocenters. The van der Waals surface area contributed by atoms with Crippen LogP contribution in [0.25, 0.3) is 0 Å². The van der Waals surface area contributed by atoms with E-state index in [9.17, 15) is 18.4 Å². The van der Waals surface area contributed by atoms with Crippen LogP contribution in [0, 0.1) is 0 Å². The minimum Gasteiger partial charge on any atom is -0.478 e. The largest absolute Gasteiger partial charge is 0.478 e. The molecule has 0 aliphatic heterocycles. The van der Waals surface area contributed by atoms with Crippen molar-refractivity contribution in [1.82, 2.24) is 5.32 Å². The third kappa shape index (κ3) is 4.63. The Balaban J connectivity index is 2.65. The molecule has 0 spiro atoms. The van der Waals surface area contributed by atoms with E-state index in [1.54, 1.807) is 6.07 Å². The van der Waals surface area contributed by atoms with Crippen molar-refractivity contribution in [3.8, 4) is 0 Å². The number of rotatable bonds is 6. The van der Waals surface area contributed by atoms with Crippen molar-refractivity contribution in [2.24, 2.45) is 0 Å². The first-order chi connectivity index (χ1) is 8.85. The number of aliphatic hydroxyl groups is 1. The van der Waals surface area contributed by atoms with Crippen LogP contribution in [0.3, 0.4) is 0 Å². The first kappa shape index (κ1) is 15.0. The van der Waals surface area contributed by atoms with Crippen LogP contribution < -0.4 is 5.32 Å². The molecule has 1 rings (SSSR count).